The van der Waals surface area contributed by atoms with E-state index >= 15 is 0 Å². The van der Waals surface area contributed by atoms with Gasteiger partial charge in [0.15, 0.2) is 0 Å². The fraction of sp³-hybridized carbons (Fsp3) is 0.240. The van der Waals surface area contributed by atoms with Crippen molar-refractivity contribution in [3.63, 3.8) is 0 Å². The highest BCUT2D eigenvalue weighted by molar-refractivity contribution is 5.97. The first kappa shape index (κ1) is 22.8. The number of hydrogen-bond donors (Lipinski definition) is 2. The molecule has 3 aromatic rings. The number of carbonyl (C=O) groups excluding carboxylic acids is 1. The number of nitrogens with one attached hydrogen (secondary N) is 1. The zero-order chi connectivity index (χ0) is 23.6. The standard InChI is InChI=1S/C25H21F4NO3/c26-19-10-6-16(7-11-19)22(31)21(14-15-4-8-18(9-5-15)25(27,28)29)30-24(32)20-3-1-2-17-12-13-33-23(17)20/h1-11,21-22,31H,12-14H2,(H,30,32). The lowest BCUT2D eigenvalue weighted by Gasteiger charge is -2.25. The van der Waals surface area contributed by atoms with Crippen LogP contribution in [-0.2, 0) is 19.0 Å². The van der Waals surface area contributed by atoms with Crippen LogP contribution in [0.1, 0.15) is 38.7 Å². The van der Waals surface area contributed by atoms with Crippen molar-refractivity contribution < 1.29 is 32.2 Å². The Labute approximate surface area is 187 Å². The Balaban J connectivity index is 1.60. The number of alkyl halides is 3. The first-order chi connectivity index (χ1) is 15.7. The summed E-state index contributed by atoms with van der Waals surface area (Å²) in [6.45, 7) is 0.465. The molecule has 4 rings (SSSR count). The molecule has 1 aliphatic heterocycles. The monoisotopic (exact) mass is 459 g/mol. The largest absolute Gasteiger partial charge is 0.492 e. The van der Waals surface area contributed by atoms with Crippen LogP contribution in [0.5, 0.6) is 5.75 Å². The molecule has 33 heavy (non-hydrogen) atoms. The maximum Gasteiger partial charge on any atom is 0.416 e. The molecule has 1 heterocycles. The van der Waals surface area contributed by atoms with Gasteiger partial charge in [-0.3, -0.25) is 4.79 Å². The van der Waals surface area contributed by atoms with Gasteiger partial charge in [-0.05, 0) is 53.4 Å². The number of para-hydroxylation sites is 1. The fourth-order valence-corrected chi connectivity index (χ4v) is 3.86. The van der Waals surface area contributed by atoms with Crippen molar-refractivity contribution in [2.45, 2.75) is 31.2 Å². The minimum absolute atomic E-state index is 0.0539. The molecule has 0 radical (unpaired) electrons. The molecule has 2 N–H and O–H groups in total. The van der Waals surface area contributed by atoms with Crippen molar-refractivity contribution in [3.05, 3.63) is 100 Å². The second-order valence-corrected chi connectivity index (χ2v) is 7.87. The fourth-order valence-electron chi connectivity index (χ4n) is 3.86. The SMILES string of the molecule is O=C(NC(Cc1ccc(C(F)(F)F)cc1)C(O)c1ccc(F)cc1)c1cccc2c1OCC2. The summed E-state index contributed by atoms with van der Waals surface area (Å²) in [7, 11) is 0. The topological polar surface area (TPSA) is 58.6 Å². The highest BCUT2D eigenvalue weighted by Gasteiger charge is 2.31. The van der Waals surface area contributed by atoms with Gasteiger partial charge in [0.1, 0.15) is 11.6 Å². The zero-order valence-electron chi connectivity index (χ0n) is 17.4. The van der Waals surface area contributed by atoms with Crippen LogP contribution in [0.25, 0.3) is 0 Å². The Bertz CT molecular complexity index is 1130. The van der Waals surface area contributed by atoms with Crippen LogP contribution in [0.4, 0.5) is 17.6 Å². The maximum atomic E-state index is 13.3. The number of rotatable bonds is 6. The minimum Gasteiger partial charge on any atom is -0.492 e. The van der Waals surface area contributed by atoms with Crippen LogP contribution < -0.4 is 10.1 Å². The molecule has 0 fully saturated rings. The van der Waals surface area contributed by atoms with Gasteiger partial charge in [-0.25, -0.2) is 4.39 Å². The van der Waals surface area contributed by atoms with Crippen molar-refractivity contribution in [1.82, 2.24) is 5.32 Å². The molecule has 0 aliphatic carbocycles. The number of benzene rings is 3. The molecule has 4 nitrogen and oxygen atoms in total. The quantitative estimate of drug-likeness (QED) is 0.518. The Morgan fingerprint density at radius 2 is 1.73 bits per heavy atom. The lowest BCUT2D eigenvalue weighted by Crippen LogP contribution is -2.41. The van der Waals surface area contributed by atoms with Crippen molar-refractivity contribution in [3.8, 4) is 5.75 Å². The first-order valence-corrected chi connectivity index (χ1v) is 10.4. The van der Waals surface area contributed by atoms with Gasteiger partial charge in [-0.2, -0.15) is 13.2 Å². The summed E-state index contributed by atoms with van der Waals surface area (Å²) < 4.78 is 57.6. The number of halogens is 4. The second-order valence-electron chi connectivity index (χ2n) is 7.87. The summed E-state index contributed by atoms with van der Waals surface area (Å²) in [5, 5.41) is 13.7. The molecular weight excluding hydrogens is 438 g/mol. The number of aliphatic hydroxyl groups is 1. The van der Waals surface area contributed by atoms with Crippen LogP contribution >= 0.6 is 0 Å². The van der Waals surface area contributed by atoms with Crippen LogP contribution in [0.2, 0.25) is 0 Å². The van der Waals surface area contributed by atoms with Crippen molar-refractivity contribution in [1.29, 1.82) is 0 Å². The molecule has 3 aromatic carbocycles. The number of aliphatic hydroxyl groups excluding tert-OH is 1. The molecule has 2 atom stereocenters. The van der Waals surface area contributed by atoms with E-state index in [1.54, 1.807) is 12.1 Å². The van der Waals surface area contributed by atoms with E-state index < -0.39 is 35.6 Å². The number of carbonyl (C=O) groups is 1. The van der Waals surface area contributed by atoms with E-state index in [0.717, 1.165) is 17.7 Å². The molecule has 0 saturated heterocycles. The molecule has 0 bridgehead atoms. The number of ether oxygens (including phenoxy) is 1. The summed E-state index contributed by atoms with van der Waals surface area (Å²) in [6.07, 6.45) is -4.95. The average Bonchev–Trinajstić information content (AvgIpc) is 3.27. The smallest absolute Gasteiger partial charge is 0.416 e. The minimum atomic E-state index is -4.46. The molecule has 172 valence electrons. The van der Waals surface area contributed by atoms with Gasteiger partial charge < -0.3 is 15.2 Å². The van der Waals surface area contributed by atoms with E-state index in [9.17, 15) is 27.5 Å². The van der Waals surface area contributed by atoms with Gasteiger partial charge in [0.25, 0.3) is 5.91 Å². The van der Waals surface area contributed by atoms with E-state index in [2.05, 4.69) is 5.32 Å². The Hall–Kier alpha value is -3.39. The summed E-state index contributed by atoms with van der Waals surface area (Å²) in [4.78, 5) is 13.1. The van der Waals surface area contributed by atoms with Crippen molar-refractivity contribution in [2.75, 3.05) is 6.61 Å². The van der Waals surface area contributed by atoms with Gasteiger partial charge in [0.05, 0.1) is 29.9 Å². The summed E-state index contributed by atoms with van der Waals surface area (Å²) >= 11 is 0. The van der Waals surface area contributed by atoms with Crippen LogP contribution in [0.15, 0.2) is 66.7 Å². The van der Waals surface area contributed by atoms with Crippen LogP contribution in [0.3, 0.4) is 0 Å². The molecular formula is C25H21F4NO3. The Kier molecular flexibility index (Phi) is 6.37. The molecule has 1 amide bonds. The third-order valence-electron chi connectivity index (χ3n) is 5.61. The molecule has 1 aliphatic rings. The predicted molar refractivity (Wildman–Crippen MR) is 113 cm³/mol. The van der Waals surface area contributed by atoms with E-state index in [4.69, 9.17) is 4.74 Å². The molecule has 0 spiro atoms. The summed E-state index contributed by atoms with van der Waals surface area (Å²) in [5.41, 5.74) is 1.28. The van der Waals surface area contributed by atoms with Gasteiger partial charge >= 0.3 is 6.18 Å². The lowest BCUT2D eigenvalue weighted by atomic mass is 9.95. The van der Waals surface area contributed by atoms with Crippen molar-refractivity contribution >= 4 is 5.91 Å². The third kappa shape index (κ3) is 5.17. The van der Waals surface area contributed by atoms with E-state index in [1.165, 1.54) is 36.4 Å². The number of hydrogen-bond acceptors (Lipinski definition) is 3. The highest BCUT2D eigenvalue weighted by Crippen LogP contribution is 2.31. The van der Waals surface area contributed by atoms with Crippen molar-refractivity contribution in [2.24, 2.45) is 0 Å². The lowest BCUT2D eigenvalue weighted by molar-refractivity contribution is -0.137. The zero-order valence-corrected chi connectivity index (χ0v) is 17.4. The van der Waals surface area contributed by atoms with Gasteiger partial charge in [0, 0.05) is 6.42 Å². The second kappa shape index (κ2) is 9.23. The summed E-state index contributed by atoms with van der Waals surface area (Å²) in [5.74, 6) is -0.474. The van der Waals surface area contributed by atoms with E-state index in [0.29, 0.717) is 35.5 Å². The first-order valence-electron chi connectivity index (χ1n) is 10.4. The molecule has 0 saturated carbocycles. The Morgan fingerprint density at radius 3 is 2.39 bits per heavy atom. The third-order valence-corrected chi connectivity index (χ3v) is 5.61. The van der Waals surface area contributed by atoms with Crippen LogP contribution in [-0.4, -0.2) is 23.7 Å². The maximum absolute atomic E-state index is 13.3. The molecule has 2 unspecified atom stereocenters. The van der Waals surface area contributed by atoms with Gasteiger partial charge in [0.2, 0.25) is 0 Å². The predicted octanol–water partition coefficient (Wildman–Crippen LogP) is 4.85. The van der Waals surface area contributed by atoms with Crippen LogP contribution in [0, 0.1) is 5.82 Å². The number of amides is 1. The normalized spacial score (nSPS) is 14.8. The molecule has 8 heteroatoms. The van der Waals surface area contributed by atoms with Gasteiger partial charge in [-0.15, -0.1) is 0 Å². The average molecular weight is 459 g/mol. The number of fused-ring (bicyclic) bond motifs is 1. The molecule has 0 aromatic heterocycles. The summed E-state index contributed by atoms with van der Waals surface area (Å²) in [6, 6.07) is 14.0. The highest BCUT2D eigenvalue weighted by atomic mass is 19.4. The van der Waals surface area contributed by atoms with E-state index in [1.807, 2.05) is 6.07 Å². The Morgan fingerprint density at radius 1 is 1.03 bits per heavy atom. The van der Waals surface area contributed by atoms with Gasteiger partial charge in [-0.1, -0.05) is 36.4 Å². The van der Waals surface area contributed by atoms with E-state index in [-0.39, 0.29) is 6.42 Å².